The summed E-state index contributed by atoms with van der Waals surface area (Å²) in [6.45, 7) is 2.39. The molecule has 0 aromatic heterocycles. The monoisotopic (exact) mass is 162 g/mol. The summed E-state index contributed by atoms with van der Waals surface area (Å²) in [4.78, 5) is 2.09. The van der Waals surface area contributed by atoms with Crippen LogP contribution in [0, 0.1) is 0 Å². The van der Waals surface area contributed by atoms with E-state index in [1.807, 2.05) is 14.1 Å². The van der Waals surface area contributed by atoms with Gasteiger partial charge < -0.3 is 4.90 Å². The second kappa shape index (κ2) is 5.49. The summed E-state index contributed by atoms with van der Waals surface area (Å²) in [5.74, 6) is 0. The SMILES string of the molecule is CCC(CCN(O)O)N(C)C. The maximum atomic E-state index is 8.45. The van der Waals surface area contributed by atoms with Crippen molar-refractivity contribution < 1.29 is 10.4 Å². The van der Waals surface area contributed by atoms with Gasteiger partial charge in [0.2, 0.25) is 0 Å². The molecule has 0 bridgehead atoms. The van der Waals surface area contributed by atoms with Crippen LogP contribution >= 0.6 is 0 Å². The summed E-state index contributed by atoms with van der Waals surface area (Å²) in [6, 6.07) is 0.428. The minimum atomic E-state index is 0.242. The van der Waals surface area contributed by atoms with Crippen LogP contribution in [0.3, 0.4) is 0 Å². The van der Waals surface area contributed by atoms with Gasteiger partial charge in [-0.15, -0.1) is 0 Å². The molecule has 0 saturated carbocycles. The molecule has 0 fully saturated rings. The van der Waals surface area contributed by atoms with E-state index in [0.717, 1.165) is 12.8 Å². The maximum Gasteiger partial charge on any atom is 0.0527 e. The highest BCUT2D eigenvalue weighted by Crippen LogP contribution is 2.03. The van der Waals surface area contributed by atoms with E-state index in [1.54, 1.807) is 0 Å². The van der Waals surface area contributed by atoms with Crippen LogP contribution in [0.2, 0.25) is 0 Å². The minimum absolute atomic E-state index is 0.242. The molecule has 0 aromatic rings. The van der Waals surface area contributed by atoms with Crippen molar-refractivity contribution in [2.24, 2.45) is 0 Å². The lowest BCUT2D eigenvalue weighted by Crippen LogP contribution is -2.31. The van der Waals surface area contributed by atoms with Crippen LogP contribution in [0.25, 0.3) is 0 Å². The Morgan fingerprint density at radius 3 is 2.09 bits per heavy atom. The van der Waals surface area contributed by atoms with E-state index in [4.69, 9.17) is 10.4 Å². The molecule has 1 unspecified atom stereocenters. The van der Waals surface area contributed by atoms with Gasteiger partial charge in [0.25, 0.3) is 0 Å². The average Bonchev–Trinajstić information content (AvgIpc) is 1.87. The first-order valence-corrected chi connectivity index (χ1v) is 3.89. The molecule has 2 N–H and O–H groups in total. The van der Waals surface area contributed by atoms with Crippen molar-refractivity contribution in [2.75, 3.05) is 20.6 Å². The molecule has 68 valence electrons. The highest BCUT2D eigenvalue weighted by atomic mass is 16.8. The standard InChI is InChI=1S/C7H18N2O2/c1-4-7(8(2)3)5-6-9(10)11/h7,10-11H,4-6H2,1-3H3. The van der Waals surface area contributed by atoms with Crippen molar-refractivity contribution in [2.45, 2.75) is 25.8 Å². The number of nitrogens with zero attached hydrogens (tertiary/aromatic N) is 2. The molecule has 0 saturated heterocycles. The summed E-state index contributed by atoms with van der Waals surface area (Å²) in [5, 5.41) is 17.1. The van der Waals surface area contributed by atoms with Crippen molar-refractivity contribution in [3.05, 3.63) is 0 Å². The molecule has 0 spiro atoms. The van der Waals surface area contributed by atoms with Gasteiger partial charge in [-0.2, -0.15) is 0 Å². The van der Waals surface area contributed by atoms with E-state index < -0.39 is 0 Å². The van der Waals surface area contributed by atoms with Crippen LogP contribution in [0.1, 0.15) is 19.8 Å². The van der Waals surface area contributed by atoms with E-state index in [9.17, 15) is 0 Å². The Balaban J connectivity index is 3.52. The lowest BCUT2D eigenvalue weighted by Gasteiger charge is -2.23. The first-order chi connectivity index (χ1) is 5.07. The molecule has 0 aliphatic carbocycles. The predicted molar refractivity (Wildman–Crippen MR) is 42.7 cm³/mol. The maximum absolute atomic E-state index is 8.45. The first-order valence-electron chi connectivity index (χ1n) is 3.89. The van der Waals surface area contributed by atoms with Crippen LogP contribution in [0.4, 0.5) is 0 Å². The molecule has 0 aliphatic rings. The molecule has 11 heavy (non-hydrogen) atoms. The van der Waals surface area contributed by atoms with E-state index in [2.05, 4.69) is 11.8 Å². The second-order valence-corrected chi connectivity index (χ2v) is 2.91. The summed E-state index contributed by atoms with van der Waals surface area (Å²) in [5.41, 5.74) is 0. The summed E-state index contributed by atoms with van der Waals surface area (Å²) in [7, 11) is 3.99. The van der Waals surface area contributed by atoms with Gasteiger partial charge in [0.05, 0.1) is 6.54 Å². The summed E-state index contributed by atoms with van der Waals surface area (Å²) in [6.07, 6.45) is 1.80. The van der Waals surface area contributed by atoms with E-state index >= 15 is 0 Å². The fourth-order valence-corrected chi connectivity index (χ4v) is 1.09. The molecule has 0 heterocycles. The van der Waals surface area contributed by atoms with Gasteiger partial charge in [0.1, 0.15) is 0 Å². The third-order valence-corrected chi connectivity index (χ3v) is 1.86. The quantitative estimate of drug-likeness (QED) is 0.587. The van der Waals surface area contributed by atoms with Gasteiger partial charge in [0.15, 0.2) is 0 Å². The van der Waals surface area contributed by atoms with Gasteiger partial charge in [-0.1, -0.05) is 12.2 Å². The van der Waals surface area contributed by atoms with Crippen molar-refractivity contribution in [3.8, 4) is 0 Å². The zero-order chi connectivity index (χ0) is 8.85. The molecule has 0 radical (unpaired) electrons. The van der Waals surface area contributed by atoms with Crippen LogP contribution in [0.15, 0.2) is 0 Å². The zero-order valence-electron chi connectivity index (χ0n) is 7.49. The zero-order valence-corrected chi connectivity index (χ0v) is 7.49. The third kappa shape index (κ3) is 5.15. The Morgan fingerprint density at radius 2 is 1.82 bits per heavy atom. The van der Waals surface area contributed by atoms with E-state index in [-0.39, 0.29) is 5.23 Å². The normalized spacial score (nSPS) is 14.5. The number of hydrogen-bond donors (Lipinski definition) is 2. The van der Waals surface area contributed by atoms with Gasteiger partial charge in [-0.25, -0.2) is 0 Å². The van der Waals surface area contributed by atoms with Crippen LogP contribution in [0.5, 0.6) is 0 Å². The van der Waals surface area contributed by atoms with Crippen molar-refractivity contribution >= 4 is 0 Å². The molecule has 4 heteroatoms. The second-order valence-electron chi connectivity index (χ2n) is 2.91. The Hall–Kier alpha value is -0.160. The molecule has 0 rings (SSSR count). The molecular formula is C7H18N2O2. The van der Waals surface area contributed by atoms with E-state index in [1.165, 1.54) is 0 Å². The smallest absolute Gasteiger partial charge is 0.0527 e. The minimum Gasteiger partial charge on any atom is -0.306 e. The largest absolute Gasteiger partial charge is 0.306 e. The van der Waals surface area contributed by atoms with Gasteiger partial charge >= 0.3 is 0 Å². The fraction of sp³-hybridized carbons (Fsp3) is 1.00. The fourth-order valence-electron chi connectivity index (χ4n) is 1.09. The van der Waals surface area contributed by atoms with Gasteiger partial charge in [0, 0.05) is 6.04 Å². The lowest BCUT2D eigenvalue weighted by molar-refractivity contribution is -0.307. The van der Waals surface area contributed by atoms with Crippen LogP contribution in [-0.2, 0) is 0 Å². The third-order valence-electron chi connectivity index (χ3n) is 1.86. The van der Waals surface area contributed by atoms with Crippen molar-refractivity contribution in [3.63, 3.8) is 0 Å². The first kappa shape index (κ1) is 10.8. The average molecular weight is 162 g/mol. The Bertz CT molecular complexity index is 96.4. The Labute approximate surface area is 67.9 Å². The van der Waals surface area contributed by atoms with Crippen molar-refractivity contribution in [1.29, 1.82) is 0 Å². The molecule has 4 nitrogen and oxygen atoms in total. The lowest BCUT2D eigenvalue weighted by atomic mass is 10.1. The van der Waals surface area contributed by atoms with Crippen molar-refractivity contribution in [1.82, 2.24) is 10.1 Å². The molecule has 0 amide bonds. The Morgan fingerprint density at radius 1 is 1.27 bits per heavy atom. The highest BCUT2D eigenvalue weighted by molar-refractivity contribution is 4.63. The molecule has 1 atom stereocenters. The number of rotatable bonds is 5. The predicted octanol–water partition coefficient (Wildman–Crippen LogP) is 0.797. The van der Waals surface area contributed by atoms with Crippen LogP contribution in [-0.4, -0.2) is 47.2 Å². The molecule has 0 aromatic carbocycles. The highest BCUT2D eigenvalue weighted by Gasteiger charge is 2.09. The number of hydroxylamine groups is 2. The summed E-state index contributed by atoms with van der Waals surface area (Å²) >= 11 is 0. The van der Waals surface area contributed by atoms with Gasteiger partial charge in [-0.3, -0.25) is 10.4 Å². The topological polar surface area (TPSA) is 46.9 Å². The molecular weight excluding hydrogens is 144 g/mol. The van der Waals surface area contributed by atoms with E-state index in [0.29, 0.717) is 12.6 Å². The Kier molecular flexibility index (Phi) is 5.41. The van der Waals surface area contributed by atoms with Gasteiger partial charge in [-0.05, 0) is 26.9 Å². The summed E-state index contributed by atoms with van der Waals surface area (Å²) < 4.78 is 0. The van der Waals surface area contributed by atoms with Crippen LogP contribution < -0.4 is 0 Å². The number of hydrogen-bond acceptors (Lipinski definition) is 4. The molecule has 0 aliphatic heterocycles.